The number of rotatable bonds is 7. The van der Waals surface area contributed by atoms with E-state index in [1.807, 2.05) is 30.3 Å². The van der Waals surface area contributed by atoms with Crippen LogP contribution in [-0.2, 0) is 13.0 Å². The van der Waals surface area contributed by atoms with E-state index in [1.165, 1.54) is 4.90 Å². The number of carbonyl (C=O) groups excluding carboxylic acids is 1. The molecule has 0 aliphatic carbocycles. The van der Waals surface area contributed by atoms with Gasteiger partial charge in [-0.25, -0.2) is 4.79 Å². The number of hydrogen-bond acceptors (Lipinski definition) is 5. The number of ether oxygens (including phenoxy) is 1. The predicted octanol–water partition coefficient (Wildman–Crippen LogP) is 4.01. The molecule has 0 atom stereocenters. The number of nitrogens with one attached hydrogen (secondary N) is 1. The van der Waals surface area contributed by atoms with Gasteiger partial charge in [0.05, 0.1) is 0 Å². The van der Waals surface area contributed by atoms with Crippen molar-refractivity contribution in [3.05, 3.63) is 71.3 Å². The summed E-state index contributed by atoms with van der Waals surface area (Å²) in [5, 5.41) is 7.26. The predicted molar refractivity (Wildman–Crippen MR) is 102 cm³/mol. The average Bonchev–Trinajstić information content (AvgIpc) is 3.13. The van der Waals surface area contributed by atoms with Crippen LogP contribution in [0, 0.1) is 0 Å². The first-order chi connectivity index (χ1) is 13.1. The van der Waals surface area contributed by atoms with Gasteiger partial charge in [0.15, 0.2) is 12.4 Å². The number of para-hydroxylation sites is 1. The molecule has 0 bridgehead atoms. The molecule has 0 fully saturated rings. The van der Waals surface area contributed by atoms with Gasteiger partial charge >= 0.3 is 6.03 Å². The maximum absolute atomic E-state index is 12.2. The van der Waals surface area contributed by atoms with Crippen LogP contribution in [0.2, 0.25) is 5.02 Å². The third-order valence-corrected chi connectivity index (χ3v) is 3.94. The maximum atomic E-state index is 12.2. The van der Waals surface area contributed by atoms with Crippen LogP contribution in [0.1, 0.15) is 11.7 Å². The molecule has 1 N–H and O–H groups in total. The first-order valence-corrected chi connectivity index (χ1v) is 8.75. The van der Waals surface area contributed by atoms with E-state index in [1.54, 1.807) is 31.3 Å². The van der Waals surface area contributed by atoms with Gasteiger partial charge in [-0.05, 0) is 30.3 Å². The molecule has 7 nitrogen and oxygen atoms in total. The number of carbonyl (C=O) groups is 1. The summed E-state index contributed by atoms with van der Waals surface area (Å²) in [7, 11) is 1.69. The molecule has 1 aromatic heterocycles. The first-order valence-electron chi connectivity index (χ1n) is 8.37. The van der Waals surface area contributed by atoms with Crippen molar-refractivity contribution in [1.82, 2.24) is 15.0 Å². The van der Waals surface area contributed by atoms with E-state index in [-0.39, 0.29) is 12.6 Å². The van der Waals surface area contributed by atoms with Gasteiger partial charge in [0.1, 0.15) is 5.75 Å². The van der Waals surface area contributed by atoms with Crippen molar-refractivity contribution >= 4 is 23.3 Å². The Bertz CT molecular complexity index is 885. The fraction of sp³-hybridized carbons (Fsp3) is 0.211. The van der Waals surface area contributed by atoms with Crippen molar-refractivity contribution in [1.29, 1.82) is 0 Å². The third-order valence-electron chi connectivity index (χ3n) is 3.71. The minimum atomic E-state index is -0.242. The molecule has 27 heavy (non-hydrogen) atoms. The summed E-state index contributed by atoms with van der Waals surface area (Å²) in [6.07, 6.45) is 0.467. The summed E-state index contributed by atoms with van der Waals surface area (Å²) in [6.45, 7) is 0.632. The molecule has 0 aliphatic rings. The Morgan fingerprint density at radius 2 is 2.04 bits per heavy atom. The summed E-state index contributed by atoms with van der Waals surface area (Å²) >= 11 is 5.91. The van der Waals surface area contributed by atoms with Crippen LogP contribution in [0.3, 0.4) is 0 Å². The lowest BCUT2D eigenvalue weighted by Crippen LogP contribution is -2.33. The Labute approximate surface area is 161 Å². The summed E-state index contributed by atoms with van der Waals surface area (Å²) in [6, 6.07) is 16.1. The number of urea groups is 1. The number of likely N-dealkylation sites (N-methyl/N-ethyl adjacent to an activating group) is 1. The quantitative estimate of drug-likeness (QED) is 0.663. The number of amides is 2. The monoisotopic (exact) mass is 386 g/mol. The molecule has 2 aromatic carbocycles. The fourth-order valence-electron chi connectivity index (χ4n) is 2.27. The molecule has 140 valence electrons. The van der Waals surface area contributed by atoms with E-state index < -0.39 is 0 Å². The largest absolute Gasteiger partial charge is 0.484 e. The van der Waals surface area contributed by atoms with Crippen molar-refractivity contribution in [2.75, 3.05) is 18.9 Å². The highest BCUT2D eigenvalue weighted by molar-refractivity contribution is 6.30. The van der Waals surface area contributed by atoms with E-state index in [9.17, 15) is 4.79 Å². The van der Waals surface area contributed by atoms with E-state index in [4.69, 9.17) is 20.9 Å². The molecular weight excluding hydrogens is 368 g/mol. The number of benzene rings is 2. The smallest absolute Gasteiger partial charge is 0.321 e. The second-order valence-electron chi connectivity index (χ2n) is 5.82. The van der Waals surface area contributed by atoms with Crippen LogP contribution in [0.4, 0.5) is 10.5 Å². The Morgan fingerprint density at radius 1 is 1.22 bits per heavy atom. The molecule has 0 saturated carbocycles. The molecule has 0 spiro atoms. The number of halogens is 1. The highest BCUT2D eigenvalue weighted by Crippen LogP contribution is 2.15. The van der Waals surface area contributed by atoms with Crippen LogP contribution < -0.4 is 10.1 Å². The van der Waals surface area contributed by atoms with Gasteiger partial charge in [-0.15, -0.1) is 0 Å². The summed E-state index contributed by atoms with van der Waals surface area (Å²) in [4.78, 5) is 18.0. The van der Waals surface area contributed by atoms with Gasteiger partial charge in [-0.1, -0.05) is 41.0 Å². The zero-order chi connectivity index (χ0) is 19.1. The van der Waals surface area contributed by atoms with Crippen LogP contribution >= 0.6 is 11.6 Å². The zero-order valence-corrected chi connectivity index (χ0v) is 15.5. The second-order valence-corrected chi connectivity index (χ2v) is 6.25. The number of nitrogens with zero attached hydrogens (tertiary/aromatic N) is 3. The lowest BCUT2D eigenvalue weighted by molar-refractivity contribution is 0.222. The Morgan fingerprint density at radius 3 is 2.81 bits per heavy atom. The standard InChI is InChI=1S/C19H19ClN4O3/c1-24(19(25)21-15-7-5-6-14(20)12-15)11-10-17-22-18(27-23-17)13-26-16-8-3-2-4-9-16/h2-9,12H,10-11,13H2,1H3,(H,21,25). The van der Waals surface area contributed by atoms with Gasteiger partial charge in [0, 0.05) is 30.7 Å². The Kier molecular flexibility index (Phi) is 6.27. The van der Waals surface area contributed by atoms with E-state index in [0.29, 0.717) is 35.4 Å². The topological polar surface area (TPSA) is 80.5 Å². The second kappa shape index (κ2) is 9.05. The normalized spacial score (nSPS) is 10.4. The number of hydrogen-bond donors (Lipinski definition) is 1. The van der Waals surface area contributed by atoms with Crippen LogP contribution in [-0.4, -0.2) is 34.7 Å². The molecule has 0 radical (unpaired) electrons. The van der Waals surface area contributed by atoms with Crippen LogP contribution in [0.25, 0.3) is 0 Å². The molecular formula is C19H19ClN4O3. The lowest BCUT2D eigenvalue weighted by atomic mass is 10.3. The lowest BCUT2D eigenvalue weighted by Gasteiger charge is -2.17. The molecule has 8 heteroatoms. The molecule has 1 heterocycles. The molecule has 3 rings (SSSR count). The summed E-state index contributed by atoms with van der Waals surface area (Å²) in [5.74, 6) is 1.64. The fourth-order valence-corrected chi connectivity index (χ4v) is 2.46. The van der Waals surface area contributed by atoms with Crippen LogP contribution in [0.15, 0.2) is 59.1 Å². The van der Waals surface area contributed by atoms with E-state index in [0.717, 1.165) is 5.75 Å². The Balaban J connectivity index is 1.45. The summed E-state index contributed by atoms with van der Waals surface area (Å²) < 4.78 is 10.7. The van der Waals surface area contributed by atoms with Crippen molar-refractivity contribution in [2.24, 2.45) is 0 Å². The van der Waals surface area contributed by atoms with E-state index >= 15 is 0 Å². The van der Waals surface area contributed by atoms with Crippen molar-refractivity contribution < 1.29 is 14.1 Å². The van der Waals surface area contributed by atoms with Crippen molar-refractivity contribution in [3.8, 4) is 5.75 Å². The molecule has 0 aliphatic heterocycles. The van der Waals surface area contributed by atoms with Gasteiger partial charge < -0.3 is 19.5 Å². The maximum Gasteiger partial charge on any atom is 0.321 e. The zero-order valence-electron chi connectivity index (χ0n) is 14.8. The minimum absolute atomic E-state index is 0.197. The van der Waals surface area contributed by atoms with Gasteiger partial charge in [-0.3, -0.25) is 0 Å². The molecule has 0 unspecified atom stereocenters. The molecule has 0 saturated heterocycles. The molecule has 2 amide bonds. The van der Waals surface area contributed by atoms with Crippen LogP contribution in [0.5, 0.6) is 5.75 Å². The van der Waals surface area contributed by atoms with Gasteiger partial charge in [0.2, 0.25) is 0 Å². The SMILES string of the molecule is CN(CCc1noc(COc2ccccc2)n1)C(=O)Nc1cccc(Cl)c1. The average molecular weight is 387 g/mol. The Hall–Kier alpha value is -3.06. The highest BCUT2D eigenvalue weighted by atomic mass is 35.5. The van der Waals surface area contributed by atoms with Gasteiger partial charge in [0.25, 0.3) is 5.89 Å². The summed E-state index contributed by atoms with van der Waals surface area (Å²) in [5.41, 5.74) is 0.638. The highest BCUT2D eigenvalue weighted by Gasteiger charge is 2.12. The minimum Gasteiger partial charge on any atom is -0.484 e. The number of aromatic nitrogens is 2. The van der Waals surface area contributed by atoms with E-state index in [2.05, 4.69) is 15.5 Å². The number of anilines is 1. The molecule has 3 aromatic rings. The first kappa shape index (κ1) is 18.7. The third kappa shape index (κ3) is 5.72. The van der Waals surface area contributed by atoms with Crippen molar-refractivity contribution in [3.63, 3.8) is 0 Å². The van der Waals surface area contributed by atoms with Gasteiger partial charge in [-0.2, -0.15) is 4.98 Å². The van der Waals surface area contributed by atoms with Crippen molar-refractivity contribution in [2.45, 2.75) is 13.0 Å².